The molecule has 0 bridgehead atoms. The third-order valence-electron chi connectivity index (χ3n) is 6.38. The Morgan fingerprint density at radius 2 is 1.11 bits per heavy atom. The summed E-state index contributed by atoms with van der Waals surface area (Å²) in [5.41, 5.74) is 3.65. The molecule has 0 aliphatic heterocycles. The number of halogens is 2. The summed E-state index contributed by atoms with van der Waals surface area (Å²) in [4.78, 5) is 40.3. The van der Waals surface area contributed by atoms with E-state index in [0.29, 0.717) is 31.7 Å². The average Bonchev–Trinajstić information content (AvgIpc) is 3.62. The molecule has 0 aliphatic rings. The molecular weight excluding hydrogens is 675 g/mol. The van der Waals surface area contributed by atoms with Crippen molar-refractivity contribution in [3.63, 3.8) is 0 Å². The number of benzene rings is 4. The van der Waals surface area contributed by atoms with Gasteiger partial charge in [0.05, 0.1) is 43.4 Å². The number of fused-ring (bicyclic) bond motifs is 2. The van der Waals surface area contributed by atoms with Crippen LogP contribution < -0.4 is 10.6 Å². The van der Waals surface area contributed by atoms with E-state index >= 15 is 0 Å². The van der Waals surface area contributed by atoms with Crippen molar-refractivity contribution in [3.05, 3.63) is 95.0 Å². The third-order valence-corrected chi connectivity index (χ3v) is 10.3. The SMILES string of the molecule is O=C(CSc1nc2ccc(Cl)cc2[nH]1)Nc1cccc(S(=O)(=O)c2cccc(NC(=O)CSc3nc4ccc(Cl)cc4[nH]3)c2)c1. The van der Waals surface area contributed by atoms with Gasteiger partial charge in [0.25, 0.3) is 0 Å². The number of aromatic nitrogens is 4. The number of nitrogens with one attached hydrogen (secondary N) is 4. The number of hydrogen-bond donors (Lipinski definition) is 4. The van der Waals surface area contributed by atoms with E-state index in [4.69, 9.17) is 23.2 Å². The number of carbonyl (C=O) groups is 2. The normalized spacial score (nSPS) is 11.6. The first-order valence-corrected chi connectivity index (χ1v) is 17.4. The fourth-order valence-electron chi connectivity index (χ4n) is 4.33. The van der Waals surface area contributed by atoms with Crippen LogP contribution in [0.1, 0.15) is 0 Å². The van der Waals surface area contributed by atoms with Crippen LogP contribution in [0.2, 0.25) is 10.0 Å². The summed E-state index contributed by atoms with van der Waals surface area (Å²) in [6, 6.07) is 22.5. The first-order chi connectivity index (χ1) is 21.6. The number of carbonyl (C=O) groups excluding carboxylic acids is 2. The topological polar surface area (TPSA) is 150 Å². The number of amides is 2. The van der Waals surface area contributed by atoms with Gasteiger partial charge >= 0.3 is 0 Å². The standard InChI is InChI=1S/C30H22Cl2N6O4S3/c31-17-7-9-23-25(11-17)37-29(35-23)43-15-27(39)33-19-3-1-5-21(13-19)45(41,42)22-6-2-4-20(14-22)34-28(40)16-44-30-36-24-10-8-18(32)12-26(24)38-30/h1-14H,15-16H2,(H,33,39)(H,34,40)(H,35,37)(H,36,38). The summed E-state index contributed by atoms with van der Waals surface area (Å²) in [7, 11) is -3.97. The van der Waals surface area contributed by atoms with Crippen molar-refractivity contribution in [2.24, 2.45) is 0 Å². The Labute approximate surface area is 275 Å². The summed E-state index contributed by atoms with van der Waals surface area (Å²) in [5.74, 6) is -0.561. The van der Waals surface area contributed by atoms with E-state index in [1.54, 1.807) is 60.7 Å². The summed E-state index contributed by atoms with van der Waals surface area (Å²) in [6.45, 7) is 0. The highest BCUT2D eigenvalue weighted by molar-refractivity contribution is 8.00. The van der Waals surface area contributed by atoms with Crippen molar-refractivity contribution in [3.8, 4) is 0 Å². The second-order valence-corrected chi connectivity index (χ2v) is 14.4. The number of nitrogens with zero attached hydrogens (tertiary/aromatic N) is 2. The fraction of sp³-hybridized carbons (Fsp3) is 0.0667. The van der Waals surface area contributed by atoms with Crippen molar-refractivity contribution in [2.75, 3.05) is 22.1 Å². The molecule has 6 rings (SSSR count). The summed E-state index contributed by atoms with van der Waals surface area (Å²) in [6.07, 6.45) is 0. The molecule has 45 heavy (non-hydrogen) atoms. The number of hydrogen-bond acceptors (Lipinski definition) is 8. The van der Waals surface area contributed by atoms with Crippen molar-refractivity contribution in [1.29, 1.82) is 0 Å². The highest BCUT2D eigenvalue weighted by Crippen LogP contribution is 2.27. The monoisotopic (exact) mass is 696 g/mol. The maximum Gasteiger partial charge on any atom is 0.234 e. The molecule has 0 unspecified atom stereocenters. The molecule has 0 aliphatic carbocycles. The Morgan fingerprint density at radius 1 is 0.667 bits per heavy atom. The molecule has 2 amide bonds. The van der Waals surface area contributed by atoms with Crippen LogP contribution in [0.3, 0.4) is 0 Å². The number of imidazole rings is 2. The average molecular weight is 698 g/mol. The fourth-order valence-corrected chi connectivity index (χ4v) is 7.40. The van der Waals surface area contributed by atoms with Gasteiger partial charge in [0.15, 0.2) is 10.3 Å². The minimum atomic E-state index is -3.97. The molecule has 4 aromatic carbocycles. The second-order valence-electron chi connectivity index (χ2n) is 9.64. The van der Waals surface area contributed by atoms with Crippen molar-refractivity contribution < 1.29 is 18.0 Å². The van der Waals surface area contributed by atoms with E-state index in [1.807, 2.05) is 0 Å². The number of rotatable bonds is 10. The lowest BCUT2D eigenvalue weighted by Crippen LogP contribution is -2.15. The van der Waals surface area contributed by atoms with E-state index in [-0.39, 0.29) is 33.1 Å². The zero-order valence-corrected chi connectivity index (χ0v) is 27.0. The Hall–Kier alpha value is -4.01. The van der Waals surface area contributed by atoms with Gasteiger partial charge in [0.2, 0.25) is 21.7 Å². The minimum Gasteiger partial charge on any atom is -0.333 e. The van der Waals surface area contributed by atoms with Crippen molar-refractivity contribution in [1.82, 2.24) is 19.9 Å². The number of aromatic amines is 2. The smallest absolute Gasteiger partial charge is 0.234 e. The Balaban J connectivity index is 1.07. The highest BCUT2D eigenvalue weighted by atomic mass is 35.5. The lowest BCUT2D eigenvalue weighted by molar-refractivity contribution is -0.114. The van der Waals surface area contributed by atoms with Crippen LogP contribution in [0.5, 0.6) is 0 Å². The lowest BCUT2D eigenvalue weighted by atomic mass is 10.3. The lowest BCUT2D eigenvalue weighted by Gasteiger charge is -2.10. The maximum absolute atomic E-state index is 13.5. The summed E-state index contributed by atoms with van der Waals surface area (Å²) >= 11 is 14.5. The molecule has 0 radical (unpaired) electrons. The molecule has 2 aromatic heterocycles. The van der Waals surface area contributed by atoms with Crippen molar-refractivity contribution in [2.45, 2.75) is 20.1 Å². The van der Waals surface area contributed by atoms with Crippen LogP contribution in [-0.2, 0) is 19.4 Å². The van der Waals surface area contributed by atoms with Crippen LogP contribution in [0, 0.1) is 0 Å². The molecule has 228 valence electrons. The van der Waals surface area contributed by atoms with Crippen molar-refractivity contribution >= 4 is 102 Å². The number of sulfone groups is 1. The van der Waals surface area contributed by atoms with E-state index in [9.17, 15) is 18.0 Å². The van der Waals surface area contributed by atoms with E-state index in [0.717, 1.165) is 22.1 Å². The van der Waals surface area contributed by atoms with Gasteiger partial charge in [0, 0.05) is 21.4 Å². The molecule has 0 fully saturated rings. The number of anilines is 2. The van der Waals surface area contributed by atoms with Gasteiger partial charge < -0.3 is 20.6 Å². The summed E-state index contributed by atoms with van der Waals surface area (Å²) < 4.78 is 26.9. The molecular formula is C30H22Cl2N6O4S3. The van der Waals surface area contributed by atoms with Gasteiger partial charge in [-0.1, -0.05) is 58.9 Å². The van der Waals surface area contributed by atoms with Crippen LogP contribution in [0.25, 0.3) is 22.1 Å². The Bertz CT molecular complexity index is 2040. The van der Waals surface area contributed by atoms with Gasteiger partial charge in [-0.25, -0.2) is 18.4 Å². The molecule has 0 saturated carbocycles. The van der Waals surface area contributed by atoms with E-state index < -0.39 is 9.84 Å². The zero-order valence-electron chi connectivity index (χ0n) is 23.0. The molecule has 0 saturated heterocycles. The van der Waals surface area contributed by atoms with Crippen LogP contribution in [0.15, 0.2) is 105 Å². The molecule has 4 N–H and O–H groups in total. The molecule has 0 spiro atoms. The Morgan fingerprint density at radius 3 is 1.56 bits per heavy atom. The predicted octanol–water partition coefficient (Wildman–Crippen LogP) is 7.04. The van der Waals surface area contributed by atoms with Gasteiger partial charge in [-0.05, 0) is 72.8 Å². The summed E-state index contributed by atoms with van der Waals surface area (Å²) in [5, 5.41) is 7.74. The van der Waals surface area contributed by atoms with Gasteiger partial charge in [0.1, 0.15) is 0 Å². The molecule has 10 nitrogen and oxygen atoms in total. The van der Waals surface area contributed by atoms with E-state index in [2.05, 4.69) is 30.6 Å². The minimum absolute atomic E-state index is 0.00821. The highest BCUT2D eigenvalue weighted by Gasteiger charge is 2.20. The quantitative estimate of drug-likeness (QED) is 0.111. The number of H-pyrrole nitrogens is 2. The predicted molar refractivity (Wildman–Crippen MR) is 179 cm³/mol. The Kier molecular flexibility index (Phi) is 9.06. The maximum atomic E-state index is 13.5. The van der Waals surface area contributed by atoms with Crippen LogP contribution >= 0.6 is 46.7 Å². The van der Waals surface area contributed by atoms with Gasteiger partial charge in [-0.3, -0.25) is 9.59 Å². The molecule has 15 heteroatoms. The molecule has 2 heterocycles. The van der Waals surface area contributed by atoms with Gasteiger partial charge in [-0.15, -0.1) is 0 Å². The zero-order chi connectivity index (χ0) is 31.6. The molecule has 6 aromatic rings. The second kappa shape index (κ2) is 13.2. The largest absolute Gasteiger partial charge is 0.333 e. The van der Waals surface area contributed by atoms with E-state index in [1.165, 1.54) is 47.8 Å². The van der Waals surface area contributed by atoms with Crippen LogP contribution in [0.4, 0.5) is 11.4 Å². The molecule has 0 atom stereocenters. The first kappa shape index (κ1) is 31.0. The van der Waals surface area contributed by atoms with Crippen LogP contribution in [-0.4, -0.2) is 51.7 Å². The third kappa shape index (κ3) is 7.45. The first-order valence-electron chi connectivity index (χ1n) is 13.2. The van der Waals surface area contributed by atoms with Gasteiger partial charge in [-0.2, -0.15) is 0 Å². The number of thioether (sulfide) groups is 2.